The van der Waals surface area contributed by atoms with E-state index in [1.807, 2.05) is 51.1 Å². The number of hydroxylamine groups is 2. The molecular weight excluding hydrogens is 396 g/mol. The zero-order valence-electron chi connectivity index (χ0n) is 18.5. The first kappa shape index (κ1) is 22.9. The van der Waals surface area contributed by atoms with Crippen molar-refractivity contribution in [3.8, 4) is 11.4 Å². The molecule has 2 N–H and O–H groups in total. The first-order chi connectivity index (χ1) is 14.8. The van der Waals surface area contributed by atoms with Gasteiger partial charge in [0.2, 0.25) is 24.0 Å². The van der Waals surface area contributed by atoms with Crippen LogP contribution in [0.3, 0.4) is 0 Å². The number of nitrogens with one attached hydrogen (secondary N) is 1. The summed E-state index contributed by atoms with van der Waals surface area (Å²) in [6.07, 6.45) is 5.42. The highest BCUT2D eigenvalue weighted by molar-refractivity contribution is 5.79. The van der Waals surface area contributed by atoms with E-state index in [1.54, 1.807) is 0 Å². The molecule has 1 fully saturated rings. The maximum Gasteiger partial charge on any atom is 0.250 e. The Bertz CT molecular complexity index is 856. The summed E-state index contributed by atoms with van der Waals surface area (Å²) in [5, 5.41) is 17.4. The third-order valence-electron chi connectivity index (χ3n) is 5.87. The summed E-state index contributed by atoms with van der Waals surface area (Å²) < 4.78 is 5.53. The van der Waals surface area contributed by atoms with Crippen LogP contribution in [0.5, 0.6) is 0 Å². The van der Waals surface area contributed by atoms with Crippen LogP contribution in [0.2, 0.25) is 0 Å². The molecular formula is C23H32N4O4. The van der Waals surface area contributed by atoms with Crippen molar-refractivity contribution in [3.05, 3.63) is 36.2 Å². The van der Waals surface area contributed by atoms with Gasteiger partial charge in [-0.2, -0.15) is 4.98 Å². The average Bonchev–Trinajstić information content (AvgIpc) is 3.43. The monoisotopic (exact) mass is 428 g/mol. The van der Waals surface area contributed by atoms with Gasteiger partial charge in [0.15, 0.2) is 0 Å². The van der Waals surface area contributed by atoms with E-state index in [2.05, 4.69) is 15.5 Å². The fraction of sp³-hybridized carbons (Fsp3) is 0.565. The SMILES string of the molecule is CC(C)(C)C(NC(=O)C(CC1CCCC1)CN(O)C=O)c1nc(-c2ccccc2)no1. The molecule has 8 nitrogen and oxygen atoms in total. The standard InChI is InChI=1S/C23H32N4O4/c1-23(2,3)19(22-25-20(26-31-22)17-11-5-4-6-12-17)24-21(29)18(14-27(30)15-28)13-16-9-7-8-10-16/h4-6,11-12,15-16,18-19,30H,7-10,13-14H2,1-3H3,(H,24,29). The molecule has 8 heteroatoms. The molecule has 1 saturated carbocycles. The van der Waals surface area contributed by atoms with E-state index in [-0.39, 0.29) is 12.5 Å². The van der Waals surface area contributed by atoms with Gasteiger partial charge in [0.1, 0.15) is 6.04 Å². The number of carbonyl (C=O) groups is 2. The number of carbonyl (C=O) groups excluding carboxylic acids is 2. The number of amides is 2. The Balaban J connectivity index is 1.79. The highest BCUT2D eigenvalue weighted by Gasteiger charge is 2.36. The van der Waals surface area contributed by atoms with Crippen molar-refractivity contribution in [2.75, 3.05) is 6.54 Å². The van der Waals surface area contributed by atoms with Crippen molar-refractivity contribution in [3.63, 3.8) is 0 Å². The van der Waals surface area contributed by atoms with Gasteiger partial charge in [-0.25, -0.2) is 5.06 Å². The molecule has 2 unspecified atom stereocenters. The Labute approximate surface area is 183 Å². The molecule has 1 aliphatic carbocycles. The predicted octanol–water partition coefficient (Wildman–Crippen LogP) is 3.98. The predicted molar refractivity (Wildman–Crippen MR) is 115 cm³/mol. The van der Waals surface area contributed by atoms with Crippen LogP contribution in [0, 0.1) is 17.3 Å². The maximum absolute atomic E-state index is 13.2. The van der Waals surface area contributed by atoms with Crippen LogP contribution >= 0.6 is 0 Å². The van der Waals surface area contributed by atoms with Gasteiger partial charge >= 0.3 is 0 Å². The molecule has 1 heterocycles. The van der Waals surface area contributed by atoms with Gasteiger partial charge in [0.25, 0.3) is 0 Å². The zero-order valence-corrected chi connectivity index (χ0v) is 18.5. The lowest BCUT2D eigenvalue weighted by atomic mass is 9.85. The summed E-state index contributed by atoms with van der Waals surface area (Å²) in [5.41, 5.74) is 0.440. The molecule has 0 aliphatic heterocycles. The second-order valence-electron chi connectivity index (χ2n) is 9.44. The second kappa shape index (κ2) is 10.0. The number of aromatic nitrogens is 2. The minimum Gasteiger partial charge on any atom is -0.343 e. The Morgan fingerprint density at radius 2 is 1.97 bits per heavy atom. The topological polar surface area (TPSA) is 109 Å². The van der Waals surface area contributed by atoms with Crippen LogP contribution in [0.25, 0.3) is 11.4 Å². The first-order valence-corrected chi connectivity index (χ1v) is 10.9. The van der Waals surface area contributed by atoms with Crippen molar-refractivity contribution in [2.45, 2.75) is 58.9 Å². The van der Waals surface area contributed by atoms with Crippen LogP contribution in [0.1, 0.15) is 64.8 Å². The van der Waals surface area contributed by atoms with Gasteiger partial charge in [-0.15, -0.1) is 0 Å². The van der Waals surface area contributed by atoms with Gasteiger partial charge in [0.05, 0.1) is 12.5 Å². The highest BCUT2D eigenvalue weighted by Crippen LogP contribution is 2.35. The lowest BCUT2D eigenvalue weighted by Gasteiger charge is -2.31. The van der Waals surface area contributed by atoms with E-state index in [1.165, 1.54) is 0 Å². The number of nitrogens with zero attached hydrogens (tertiary/aromatic N) is 3. The third-order valence-corrected chi connectivity index (χ3v) is 5.87. The molecule has 0 bridgehead atoms. The summed E-state index contributed by atoms with van der Waals surface area (Å²) in [6, 6.07) is 8.99. The largest absolute Gasteiger partial charge is 0.343 e. The molecule has 1 aliphatic rings. The van der Waals surface area contributed by atoms with Gasteiger partial charge in [-0.1, -0.05) is 81.9 Å². The number of hydrogen-bond donors (Lipinski definition) is 2. The maximum atomic E-state index is 13.2. The van der Waals surface area contributed by atoms with E-state index in [4.69, 9.17) is 4.52 Å². The number of hydrogen-bond acceptors (Lipinski definition) is 6. The third kappa shape index (κ3) is 6.13. The van der Waals surface area contributed by atoms with E-state index >= 15 is 0 Å². The molecule has 2 atom stereocenters. The fourth-order valence-corrected chi connectivity index (χ4v) is 4.15. The van der Waals surface area contributed by atoms with E-state index in [0.717, 1.165) is 31.2 Å². The Hall–Kier alpha value is -2.74. The van der Waals surface area contributed by atoms with Crippen molar-refractivity contribution in [2.24, 2.45) is 17.3 Å². The van der Waals surface area contributed by atoms with Crippen LogP contribution < -0.4 is 5.32 Å². The molecule has 31 heavy (non-hydrogen) atoms. The molecule has 2 amide bonds. The van der Waals surface area contributed by atoms with E-state index < -0.39 is 17.4 Å². The Morgan fingerprint density at radius 3 is 2.58 bits per heavy atom. The molecule has 1 aromatic carbocycles. The van der Waals surface area contributed by atoms with E-state index in [0.29, 0.717) is 35.5 Å². The van der Waals surface area contributed by atoms with Crippen LogP contribution in [-0.4, -0.2) is 39.3 Å². The van der Waals surface area contributed by atoms with Gasteiger partial charge in [-0.3, -0.25) is 14.8 Å². The normalized spacial score (nSPS) is 16.6. The summed E-state index contributed by atoms with van der Waals surface area (Å²) in [7, 11) is 0. The first-order valence-electron chi connectivity index (χ1n) is 10.9. The fourth-order valence-electron chi connectivity index (χ4n) is 4.15. The zero-order chi connectivity index (χ0) is 22.4. The molecule has 1 aromatic heterocycles. The summed E-state index contributed by atoms with van der Waals surface area (Å²) in [4.78, 5) is 28.7. The second-order valence-corrected chi connectivity index (χ2v) is 9.44. The molecule has 0 spiro atoms. The van der Waals surface area contributed by atoms with Crippen molar-refractivity contribution in [1.82, 2.24) is 20.5 Å². The number of rotatable bonds is 9. The summed E-state index contributed by atoms with van der Waals surface area (Å²) >= 11 is 0. The quantitative estimate of drug-likeness (QED) is 0.355. The Kier molecular flexibility index (Phi) is 7.43. The van der Waals surface area contributed by atoms with E-state index in [9.17, 15) is 14.8 Å². The number of benzene rings is 1. The summed E-state index contributed by atoms with van der Waals surface area (Å²) in [6.45, 7) is 5.92. The van der Waals surface area contributed by atoms with Gasteiger partial charge in [0, 0.05) is 5.56 Å². The molecule has 2 aromatic rings. The van der Waals surface area contributed by atoms with Crippen molar-refractivity contribution >= 4 is 12.3 Å². The summed E-state index contributed by atoms with van der Waals surface area (Å²) in [5.74, 6) is 0.475. The minimum absolute atomic E-state index is 0.0399. The lowest BCUT2D eigenvalue weighted by Crippen LogP contribution is -2.43. The van der Waals surface area contributed by atoms with Gasteiger partial charge < -0.3 is 9.84 Å². The van der Waals surface area contributed by atoms with Crippen LogP contribution in [-0.2, 0) is 9.59 Å². The average molecular weight is 429 g/mol. The molecule has 168 valence electrons. The highest BCUT2D eigenvalue weighted by atomic mass is 16.5. The van der Waals surface area contributed by atoms with Crippen LogP contribution in [0.4, 0.5) is 0 Å². The molecule has 3 rings (SSSR count). The van der Waals surface area contributed by atoms with Crippen LogP contribution in [0.15, 0.2) is 34.9 Å². The Morgan fingerprint density at radius 1 is 1.29 bits per heavy atom. The van der Waals surface area contributed by atoms with Gasteiger partial charge in [-0.05, 0) is 17.8 Å². The minimum atomic E-state index is -0.514. The van der Waals surface area contributed by atoms with Crippen molar-refractivity contribution in [1.29, 1.82) is 0 Å². The molecule has 0 saturated heterocycles. The molecule has 0 radical (unpaired) electrons. The lowest BCUT2D eigenvalue weighted by molar-refractivity contribution is -0.155. The van der Waals surface area contributed by atoms with Crippen molar-refractivity contribution < 1.29 is 19.3 Å². The smallest absolute Gasteiger partial charge is 0.250 e.